The summed E-state index contributed by atoms with van der Waals surface area (Å²) in [6.45, 7) is 1.82. The second kappa shape index (κ2) is 6.95. The molecule has 1 aromatic rings. The second-order valence-electron chi connectivity index (χ2n) is 4.62. The zero-order chi connectivity index (χ0) is 12.3. The minimum atomic E-state index is 0. The van der Waals surface area contributed by atoms with Gasteiger partial charge in [0.15, 0.2) is 0 Å². The number of ether oxygens (including phenoxy) is 2. The molecule has 1 aliphatic rings. The summed E-state index contributed by atoms with van der Waals surface area (Å²) < 4.78 is 10.7. The van der Waals surface area contributed by atoms with Crippen LogP contribution in [0.15, 0.2) is 24.3 Å². The van der Waals surface area contributed by atoms with E-state index in [9.17, 15) is 5.11 Å². The summed E-state index contributed by atoms with van der Waals surface area (Å²) >= 11 is 0. The monoisotopic (exact) mass is 273 g/mol. The van der Waals surface area contributed by atoms with E-state index in [2.05, 4.69) is 4.90 Å². The van der Waals surface area contributed by atoms with Crippen molar-refractivity contribution in [2.24, 2.45) is 5.92 Å². The highest BCUT2D eigenvalue weighted by molar-refractivity contribution is 5.85. The fourth-order valence-corrected chi connectivity index (χ4v) is 2.35. The Morgan fingerprint density at radius 3 is 2.22 bits per heavy atom. The van der Waals surface area contributed by atoms with Crippen LogP contribution >= 0.6 is 12.4 Å². The van der Waals surface area contributed by atoms with Crippen molar-refractivity contribution < 1.29 is 14.6 Å². The molecule has 1 aliphatic heterocycles. The molecule has 0 aliphatic carbocycles. The number of rotatable bonds is 3. The molecule has 18 heavy (non-hydrogen) atoms. The number of phenolic OH excluding ortho intramolecular Hbond substituents is 1. The van der Waals surface area contributed by atoms with Crippen molar-refractivity contribution in [3.8, 4) is 5.75 Å². The van der Waals surface area contributed by atoms with E-state index in [-0.39, 0.29) is 18.4 Å². The van der Waals surface area contributed by atoms with Gasteiger partial charge >= 0.3 is 0 Å². The van der Waals surface area contributed by atoms with Crippen LogP contribution in [0.5, 0.6) is 5.75 Å². The molecule has 0 saturated carbocycles. The third-order valence-electron chi connectivity index (χ3n) is 3.07. The quantitative estimate of drug-likeness (QED) is 0.915. The van der Waals surface area contributed by atoms with E-state index in [0.29, 0.717) is 31.7 Å². The predicted molar refractivity (Wildman–Crippen MR) is 72.0 cm³/mol. The maximum atomic E-state index is 9.32. The van der Waals surface area contributed by atoms with E-state index in [1.54, 1.807) is 12.1 Å². The van der Waals surface area contributed by atoms with Crippen LogP contribution in [0.2, 0.25) is 0 Å². The van der Waals surface area contributed by atoms with Crippen LogP contribution in [0.3, 0.4) is 0 Å². The Balaban J connectivity index is 0.00000162. The van der Waals surface area contributed by atoms with Crippen LogP contribution in [-0.2, 0) is 9.47 Å². The summed E-state index contributed by atoms with van der Waals surface area (Å²) in [4.78, 5) is 2.16. The Morgan fingerprint density at radius 1 is 1.17 bits per heavy atom. The molecule has 0 bridgehead atoms. The molecule has 0 aromatic heterocycles. The first kappa shape index (κ1) is 15.2. The molecule has 1 heterocycles. The average Bonchev–Trinajstić information content (AvgIpc) is 2.33. The van der Waals surface area contributed by atoms with E-state index < -0.39 is 0 Å². The summed E-state index contributed by atoms with van der Waals surface area (Å²) in [7, 11) is 4.10. The number of hydrogen-bond acceptors (Lipinski definition) is 4. The van der Waals surface area contributed by atoms with E-state index in [1.165, 1.54) is 5.56 Å². The molecule has 0 spiro atoms. The third kappa shape index (κ3) is 3.59. The Hall–Kier alpha value is -0.810. The normalized spacial score (nSPS) is 18.4. The van der Waals surface area contributed by atoms with Crippen LogP contribution in [0.25, 0.3) is 0 Å². The molecule has 1 unspecified atom stereocenters. The topological polar surface area (TPSA) is 41.9 Å². The van der Waals surface area contributed by atoms with Crippen LogP contribution in [-0.4, -0.2) is 44.1 Å². The number of hydrogen-bond donors (Lipinski definition) is 1. The lowest BCUT2D eigenvalue weighted by atomic mass is 9.93. The molecule has 1 aromatic carbocycles. The van der Waals surface area contributed by atoms with Crippen molar-refractivity contribution in [1.82, 2.24) is 4.90 Å². The van der Waals surface area contributed by atoms with Gasteiger partial charge in [0.2, 0.25) is 0 Å². The van der Waals surface area contributed by atoms with Crippen molar-refractivity contribution in [2.75, 3.05) is 34.1 Å². The second-order valence-corrected chi connectivity index (χ2v) is 4.62. The average molecular weight is 274 g/mol. The molecule has 1 fully saturated rings. The molecular formula is C13H20ClNO3. The van der Waals surface area contributed by atoms with Crippen LogP contribution in [0.4, 0.5) is 0 Å². The molecule has 1 atom stereocenters. The fraction of sp³-hybridized carbons (Fsp3) is 0.538. The van der Waals surface area contributed by atoms with E-state index in [4.69, 9.17) is 9.47 Å². The lowest BCUT2D eigenvalue weighted by Gasteiger charge is -2.34. The van der Waals surface area contributed by atoms with Crippen molar-refractivity contribution in [3.05, 3.63) is 29.8 Å². The maximum Gasteiger partial charge on any atom is 0.146 e. The van der Waals surface area contributed by atoms with Crippen LogP contribution in [0, 0.1) is 5.92 Å². The summed E-state index contributed by atoms with van der Waals surface area (Å²) in [6.07, 6.45) is 0. The molecule has 0 amide bonds. The van der Waals surface area contributed by atoms with Gasteiger partial charge in [0.25, 0.3) is 0 Å². The Bertz CT molecular complexity index is 350. The first-order valence-electron chi connectivity index (χ1n) is 5.79. The SMILES string of the molecule is CN(C)C(c1ccc(O)cc1)C1COCOC1.Cl. The van der Waals surface area contributed by atoms with E-state index in [0.717, 1.165) is 0 Å². The third-order valence-corrected chi connectivity index (χ3v) is 3.07. The van der Waals surface area contributed by atoms with Gasteiger partial charge in [-0.25, -0.2) is 0 Å². The van der Waals surface area contributed by atoms with Gasteiger partial charge in [0.05, 0.1) is 13.2 Å². The Labute approximate surface area is 114 Å². The Kier molecular flexibility index (Phi) is 5.88. The minimum Gasteiger partial charge on any atom is -0.508 e. The zero-order valence-corrected chi connectivity index (χ0v) is 11.5. The van der Waals surface area contributed by atoms with Gasteiger partial charge < -0.3 is 19.5 Å². The first-order chi connectivity index (χ1) is 8.18. The lowest BCUT2D eigenvalue weighted by Crippen LogP contribution is -2.36. The van der Waals surface area contributed by atoms with Crippen molar-refractivity contribution >= 4 is 12.4 Å². The highest BCUT2D eigenvalue weighted by atomic mass is 35.5. The van der Waals surface area contributed by atoms with Gasteiger partial charge in [0.1, 0.15) is 12.5 Å². The van der Waals surface area contributed by atoms with E-state index >= 15 is 0 Å². The number of aromatic hydroxyl groups is 1. The van der Waals surface area contributed by atoms with Crippen molar-refractivity contribution in [3.63, 3.8) is 0 Å². The highest BCUT2D eigenvalue weighted by Gasteiger charge is 2.27. The molecule has 102 valence electrons. The number of benzene rings is 1. The van der Waals surface area contributed by atoms with Gasteiger partial charge in [-0.05, 0) is 31.8 Å². The molecule has 1 saturated heterocycles. The van der Waals surface area contributed by atoms with Gasteiger partial charge in [0, 0.05) is 12.0 Å². The van der Waals surface area contributed by atoms with Crippen LogP contribution < -0.4 is 0 Å². The van der Waals surface area contributed by atoms with Crippen molar-refractivity contribution in [2.45, 2.75) is 6.04 Å². The fourth-order valence-electron chi connectivity index (χ4n) is 2.35. The number of halogens is 1. The van der Waals surface area contributed by atoms with E-state index in [1.807, 2.05) is 26.2 Å². The van der Waals surface area contributed by atoms with Crippen molar-refractivity contribution in [1.29, 1.82) is 0 Å². The number of phenols is 1. The number of nitrogens with zero attached hydrogens (tertiary/aromatic N) is 1. The molecule has 4 nitrogen and oxygen atoms in total. The highest BCUT2D eigenvalue weighted by Crippen LogP contribution is 2.30. The molecule has 0 radical (unpaired) electrons. The Morgan fingerprint density at radius 2 is 1.72 bits per heavy atom. The van der Waals surface area contributed by atoms with Gasteiger partial charge in [-0.2, -0.15) is 0 Å². The standard InChI is InChI=1S/C13H19NO3.ClH/c1-14(2)13(11-7-16-9-17-8-11)10-3-5-12(15)6-4-10;/h3-6,11,13,15H,7-9H2,1-2H3;1H. The maximum absolute atomic E-state index is 9.32. The summed E-state index contributed by atoms with van der Waals surface area (Å²) in [5.41, 5.74) is 1.17. The lowest BCUT2D eigenvalue weighted by molar-refractivity contribution is -0.139. The zero-order valence-electron chi connectivity index (χ0n) is 10.7. The molecule has 2 rings (SSSR count). The smallest absolute Gasteiger partial charge is 0.146 e. The van der Waals surface area contributed by atoms with Gasteiger partial charge in [-0.1, -0.05) is 12.1 Å². The first-order valence-corrected chi connectivity index (χ1v) is 5.79. The van der Waals surface area contributed by atoms with Crippen LogP contribution in [0.1, 0.15) is 11.6 Å². The molecule has 5 heteroatoms. The summed E-state index contributed by atoms with van der Waals surface area (Å²) in [5, 5.41) is 9.32. The molecular weight excluding hydrogens is 254 g/mol. The molecule has 1 N–H and O–H groups in total. The minimum absolute atomic E-state index is 0. The predicted octanol–water partition coefficient (Wildman–Crippen LogP) is 2.04. The van der Waals surface area contributed by atoms with Gasteiger partial charge in [-0.15, -0.1) is 12.4 Å². The summed E-state index contributed by atoms with van der Waals surface area (Å²) in [6, 6.07) is 7.59. The largest absolute Gasteiger partial charge is 0.508 e. The summed E-state index contributed by atoms with van der Waals surface area (Å²) in [5.74, 6) is 0.616. The van der Waals surface area contributed by atoms with Gasteiger partial charge in [-0.3, -0.25) is 0 Å².